The highest BCUT2D eigenvalue weighted by Crippen LogP contribution is 2.33. The Kier molecular flexibility index (Phi) is 6.02. The molecule has 0 aliphatic carbocycles. The lowest BCUT2D eigenvalue weighted by atomic mass is 9.92. The topological polar surface area (TPSA) is 97.0 Å². The highest BCUT2D eigenvalue weighted by atomic mass is 16.6. The molecule has 0 fully saturated rings. The van der Waals surface area contributed by atoms with Crippen molar-refractivity contribution in [3.8, 4) is 0 Å². The standard InChI is InChI=1S/C19H28N4O3/c1-18(2,3)26-17(25)21-16-22-19(4,14-10-6-5-7-11-14)15(24)23(16)13-9-8-12-20/h5-7,10-11H,8-9,12-13,20H2,1-4H3,(H,21,22,25)/t19-/m1/s1. The summed E-state index contributed by atoms with van der Waals surface area (Å²) >= 11 is 0. The van der Waals surface area contributed by atoms with Crippen LogP contribution in [-0.4, -0.2) is 41.6 Å². The summed E-state index contributed by atoms with van der Waals surface area (Å²) in [5, 5.41) is 2.63. The van der Waals surface area contributed by atoms with E-state index >= 15 is 0 Å². The molecule has 0 saturated heterocycles. The van der Waals surface area contributed by atoms with Crippen molar-refractivity contribution in [1.82, 2.24) is 10.2 Å². The van der Waals surface area contributed by atoms with Crippen LogP contribution in [0.25, 0.3) is 0 Å². The van der Waals surface area contributed by atoms with Crippen LogP contribution in [0.3, 0.4) is 0 Å². The molecule has 7 nitrogen and oxygen atoms in total. The van der Waals surface area contributed by atoms with Crippen molar-refractivity contribution in [3.05, 3.63) is 35.9 Å². The first kappa shape index (κ1) is 19.9. The van der Waals surface area contributed by atoms with Gasteiger partial charge < -0.3 is 10.5 Å². The predicted octanol–water partition coefficient (Wildman–Crippen LogP) is 2.36. The molecule has 7 heteroatoms. The maximum absolute atomic E-state index is 13.1. The zero-order valence-electron chi connectivity index (χ0n) is 15.9. The molecule has 142 valence electrons. The summed E-state index contributed by atoms with van der Waals surface area (Å²) in [5.74, 6) is 0.0411. The molecule has 1 aromatic rings. The molecule has 3 N–H and O–H groups in total. The molecule has 0 saturated carbocycles. The number of carbonyl (C=O) groups excluding carboxylic acids is 2. The molecule has 2 rings (SSSR count). The Morgan fingerprint density at radius 3 is 2.50 bits per heavy atom. The van der Waals surface area contributed by atoms with Gasteiger partial charge in [-0.15, -0.1) is 0 Å². The van der Waals surface area contributed by atoms with E-state index in [1.54, 1.807) is 27.7 Å². The smallest absolute Gasteiger partial charge is 0.414 e. The number of guanidine groups is 1. The van der Waals surface area contributed by atoms with Gasteiger partial charge in [-0.05, 0) is 52.6 Å². The molecular formula is C19H28N4O3. The van der Waals surface area contributed by atoms with Crippen LogP contribution in [0, 0.1) is 0 Å². The van der Waals surface area contributed by atoms with E-state index in [1.807, 2.05) is 30.3 Å². The number of amides is 2. The Balaban J connectivity index is 2.28. The molecule has 26 heavy (non-hydrogen) atoms. The van der Waals surface area contributed by atoms with Crippen molar-refractivity contribution in [2.45, 2.75) is 51.7 Å². The lowest BCUT2D eigenvalue weighted by Gasteiger charge is -2.24. The van der Waals surface area contributed by atoms with Crippen LogP contribution in [0.5, 0.6) is 0 Å². The van der Waals surface area contributed by atoms with Crippen LogP contribution in [0.2, 0.25) is 0 Å². The number of alkyl carbamates (subject to hydrolysis) is 1. The van der Waals surface area contributed by atoms with Gasteiger partial charge in [0.05, 0.1) is 0 Å². The van der Waals surface area contributed by atoms with Crippen molar-refractivity contribution in [1.29, 1.82) is 0 Å². The summed E-state index contributed by atoms with van der Waals surface area (Å²) in [6, 6.07) is 9.32. The molecular weight excluding hydrogens is 332 g/mol. The molecule has 0 unspecified atom stereocenters. The third-order valence-electron chi connectivity index (χ3n) is 4.03. The third kappa shape index (κ3) is 4.60. The van der Waals surface area contributed by atoms with Crippen LogP contribution < -0.4 is 11.1 Å². The van der Waals surface area contributed by atoms with Crippen LogP contribution in [0.15, 0.2) is 35.3 Å². The minimum absolute atomic E-state index is 0.174. The van der Waals surface area contributed by atoms with E-state index in [4.69, 9.17) is 10.5 Å². The summed E-state index contributed by atoms with van der Waals surface area (Å²) in [6.45, 7) is 8.07. The third-order valence-corrected chi connectivity index (χ3v) is 4.03. The fourth-order valence-electron chi connectivity index (χ4n) is 2.74. The summed E-state index contributed by atoms with van der Waals surface area (Å²) < 4.78 is 5.29. The van der Waals surface area contributed by atoms with E-state index in [1.165, 1.54) is 4.90 Å². The maximum Gasteiger partial charge on any atom is 0.414 e. The normalized spacial score (nSPS) is 20.1. The molecule has 0 spiro atoms. The van der Waals surface area contributed by atoms with Gasteiger partial charge in [0.1, 0.15) is 5.60 Å². The van der Waals surface area contributed by atoms with Crippen LogP contribution in [0.1, 0.15) is 46.1 Å². The second-order valence-electron chi connectivity index (χ2n) is 7.45. The minimum Gasteiger partial charge on any atom is -0.444 e. The number of hydrogen-bond acceptors (Lipinski definition) is 5. The zero-order chi connectivity index (χ0) is 19.4. The first-order valence-corrected chi connectivity index (χ1v) is 8.85. The van der Waals surface area contributed by atoms with Crippen molar-refractivity contribution < 1.29 is 14.3 Å². The van der Waals surface area contributed by atoms with Gasteiger partial charge in [-0.2, -0.15) is 0 Å². The highest BCUT2D eigenvalue weighted by molar-refractivity contribution is 6.11. The largest absolute Gasteiger partial charge is 0.444 e. The lowest BCUT2D eigenvalue weighted by Crippen LogP contribution is -2.47. The molecule has 1 aromatic carbocycles. The number of nitrogens with zero attached hydrogens (tertiary/aromatic N) is 2. The van der Waals surface area contributed by atoms with Crippen LogP contribution in [0.4, 0.5) is 4.79 Å². The summed E-state index contributed by atoms with van der Waals surface area (Å²) in [6.07, 6.45) is 0.874. The fraction of sp³-hybridized carbons (Fsp3) is 0.526. The Bertz CT molecular complexity index is 682. The summed E-state index contributed by atoms with van der Waals surface area (Å²) in [5.41, 5.74) is 4.61. The first-order valence-electron chi connectivity index (χ1n) is 8.85. The van der Waals surface area contributed by atoms with E-state index in [-0.39, 0.29) is 11.9 Å². The number of benzene rings is 1. The molecule has 1 aliphatic heterocycles. The molecule has 1 heterocycles. The fourth-order valence-corrected chi connectivity index (χ4v) is 2.74. The number of hydrogen-bond donors (Lipinski definition) is 2. The van der Waals surface area contributed by atoms with Gasteiger partial charge >= 0.3 is 6.09 Å². The van der Waals surface area contributed by atoms with Crippen LogP contribution >= 0.6 is 0 Å². The predicted molar refractivity (Wildman–Crippen MR) is 101 cm³/mol. The number of carbonyl (C=O) groups is 2. The SMILES string of the molecule is CC(C)(C)OC(=O)NC1=N[C@](C)(c2ccccc2)C(=O)N1CCCCN. The second kappa shape index (κ2) is 7.86. The van der Waals surface area contributed by atoms with Gasteiger partial charge in [0.2, 0.25) is 5.96 Å². The highest BCUT2D eigenvalue weighted by Gasteiger charge is 2.46. The molecule has 0 bridgehead atoms. The average molecular weight is 360 g/mol. The molecule has 1 aliphatic rings. The van der Waals surface area contributed by atoms with Gasteiger partial charge in [0.15, 0.2) is 5.54 Å². The van der Waals surface area contributed by atoms with Crippen molar-refractivity contribution in [2.75, 3.05) is 13.1 Å². The number of nitrogens with one attached hydrogen (secondary N) is 1. The van der Waals surface area contributed by atoms with E-state index < -0.39 is 17.2 Å². The summed E-state index contributed by atoms with van der Waals surface area (Å²) in [7, 11) is 0. The van der Waals surface area contributed by atoms with Crippen LogP contribution in [-0.2, 0) is 15.1 Å². The average Bonchev–Trinajstić information content (AvgIpc) is 2.79. The Morgan fingerprint density at radius 1 is 1.27 bits per heavy atom. The van der Waals surface area contributed by atoms with E-state index in [0.29, 0.717) is 13.1 Å². The molecule has 0 aromatic heterocycles. The van der Waals surface area contributed by atoms with Gasteiger partial charge in [-0.3, -0.25) is 15.0 Å². The Hall–Kier alpha value is -2.41. The summed E-state index contributed by atoms with van der Waals surface area (Å²) in [4.78, 5) is 31.3. The molecule has 1 atom stereocenters. The Morgan fingerprint density at radius 2 is 1.92 bits per heavy atom. The van der Waals surface area contributed by atoms with Crippen molar-refractivity contribution in [3.63, 3.8) is 0 Å². The van der Waals surface area contributed by atoms with Crippen molar-refractivity contribution in [2.24, 2.45) is 10.7 Å². The molecule has 2 amide bonds. The lowest BCUT2D eigenvalue weighted by molar-refractivity contribution is -0.131. The number of rotatable bonds is 5. The van der Waals surface area contributed by atoms with Crippen molar-refractivity contribution >= 4 is 18.0 Å². The zero-order valence-corrected chi connectivity index (χ0v) is 15.9. The Labute approximate surface area is 154 Å². The first-order chi connectivity index (χ1) is 12.2. The maximum atomic E-state index is 13.1. The number of nitrogens with two attached hydrogens (primary N) is 1. The van der Waals surface area contributed by atoms with Gasteiger partial charge in [0, 0.05) is 6.54 Å². The number of unbranched alkanes of at least 4 members (excludes halogenated alkanes) is 1. The van der Waals surface area contributed by atoms with Gasteiger partial charge in [-0.1, -0.05) is 30.3 Å². The van der Waals surface area contributed by atoms with E-state index in [0.717, 1.165) is 18.4 Å². The minimum atomic E-state index is -1.08. The number of aliphatic imine (C=N–C) groups is 1. The van der Waals surface area contributed by atoms with Gasteiger partial charge in [-0.25, -0.2) is 9.79 Å². The molecule has 0 radical (unpaired) electrons. The number of ether oxygens (including phenoxy) is 1. The van der Waals surface area contributed by atoms with E-state index in [2.05, 4.69) is 10.3 Å². The van der Waals surface area contributed by atoms with E-state index in [9.17, 15) is 9.59 Å². The quantitative estimate of drug-likeness (QED) is 0.788. The van der Waals surface area contributed by atoms with Gasteiger partial charge in [0.25, 0.3) is 5.91 Å². The monoisotopic (exact) mass is 360 g/mol. The second-order valence-corrected chi connectivity index (χ2v) is 7.45.